The lowest BCUT2D eigenvalue weighted by molar-refractivity contribution is 0.142. The number of hydrogen-bond acceptors (Lipinski definition) is 4. The highest BCUT2D eigenvalue weighted by Gasteiger charge is 2.37. The molecule has 1 fully saturated rings. The maximum Gasteiger partial charge on any atom is 0.260 e. The molecule has 0 aliphatic carbocycles. The number of nitrogens with zero attached hydrogens (tertiary/aromatic N) is 2. The second-order valence-corrected chi connectivity index (χ2v) is 7.35. The second-order valence-electron chi connectivity index (χ2n) is 5.49. The molecular formula is C15H19N3O3S. The number of sulfonamides is 1. The summed E-state index contributed by atoms with van der Waals surface area (Å²) in [6, 6.07) is 9.14. The predicted octanol–water partition coefficient (Wildman–Crippen LogP) is 1.69. The van der Waals surface area contributed by atoms with Crippen molar-refractivity contribution < 1.29 is 13.5 Å². The Balaban J connectivity index is 1.77. The van der Waals surface area contributed by atoms with Crippen LogP contribution in [0.5, 0.6) is 0 Å². The molecule has 1 aromatic carbocycles. The van der Waals surface area contributed by atoms with Crippen LogP contribution in [0, 0.1) is 0 Å². The first-order chi connectivity index (χ1) is 10.6. The third-order valence-corrected chi connectivity index (χ3v) is 5.94. The largest absolute Gasteiger partial charge is 0.388 e. The van der Waals surface area contributed by atoms with Crippen molar-refractivity contribution in [3.8, 4) is 0 Å². The molecule has 118 valence electrons. The molecule has 1 saturated heterocycles. The van der Waals surface area contributed by atoms with Crippen molar-refractivity contribution in [2.45, 2.75) is 36.4 Å². The van der Waals surface area contributed by atoms with Gasteiger partial charge in [0.15, 0.2) is 5.03 Å². The highest BCUT2D eigenvalue weighted by molar-refractivity contribution is 7.89. The molecule has 2 N–H and O–H groups in total. The van der Waals surface area contributed by atoms with Crippen LogP contribution >= 0.6 is 0 Å². The Bertz CT molecular complexity index is 701. The van der Waals surface area contributed by atoms with Crippen LogP contribution in [0.25, 0.3) is 0 Å². The van der Waals surface area contributed by atoms with Gasteiger partial charge in [-0.1, -0.05) is 30.3 Å². The summed E-state index contributed by atoms with van der Waals surface area (Å²) in [7, 11) is -3.57. The summed E-state index contributed by atoms with van der Waals surface area (Å²) in [5, 5.41) is 10.5. The van der Waals surface area contributed by atoms with Crippen LogP contribution in [-0.2, 0) is 10.0 Å². The molecule has 3 rings (SSSR count). The summed E-state index contributed by atoms with van der Waals surface area (Å²) >= 11 is 0. The Labute approximate surface area is 129 Å². The topological polar surface area (TPSA) is 86.3 Å². The van der Waals surface area contributed by atoms with Gasteiger partial charge in [-0.3, -0.25) is 0 Å². The summed E-state index contributed by atoms with van der Waals surface area (Å²) in [5.41, 5.74) is 0.813. The van der Waals surface area contributed by atoms with Crippen molar-refractivity contribution in [3.63, 3.8) is 0 Å². The third kappa shape index (κ3) is 2.92. The molecule has 2 atom stereocenters. The number of nitrogens with one attached hydrogen (secondary N) is 1. The van der Waals surface area contributed by atoms with Gasteiger partial charge in [-0.2, -0.15) is 4.31 Å². The van der Waals surface area contributed by atoms with Crippen molar-refractivity contribution in [1.29, 1.82) is 0 Å². The van der Waals surface area contributed by atoms with E-state index in [1.54, 1.807) is 0 Å². The lowest BCUT2D eigenvalue weighted by Crippen LogP contribution is -2.36. The molecule has 0 saturated carbocycles. The van der Waals surface area contributed by atoms with E-state index >= 15 is 0 Å². The highest BCUT2D eigenvalue weighted by atomic mass is 32.2. The lowest BCUT2D eigenvalue weighted by Gasteiger charge is -2.25. The van der Waals surface area contributed by atoms with E-state index in [-0.39, 0.29) is 11.1 Å². The van der Waals surface area contributed by atoms with Gasteiger partial charge in [0.25, 0.3) is 10.0 Å². The van der Waals surface area contributed by atoms with Gasteiger partial charge in [-0.15, -0.1) is 0 Å². The molecule has 2 heterocycles. The van der Waals surface area contributed by atoms with E-state index in [1.807, 2.05) is 30.3 Å². The van der Waals surface area contributed by atoms with Gasteiger partial charge in [0, 0.05) is 12.6 Å². The van der Waals surface area contributed by atoms with Gasteiger partial charge in [0.1, 0.15) is 0 Å². The molecule has 0 spiro atoms. The number of H-pyrrole nitrogens is 1. The number of aliphatic hydroxyl groups excluding tert-OH is 1. The van der Waals surface area contributed by atoms with Gasteiger partial charge >= 0.3 is 0 Å². The van der Waals surface area contributed by atoms with Gasteiger partial charge < -0.3 is 10.1 Å². The molecular weight excluding hydrogens is 302 g/mol. The van der Waals surface area contributed by atoms with Crippen molar-refractivity contribution in [1.82, 2.24) is 14.3 Å². The van der Waals surface area contributed by atoms with Crippen LogP contribution in [-0.4, -0.2) is 40.4 Å². The van der Waals surface area contributed by atoms with Crippen molar-refractivity contribution >= 4 is 10.0 Å². The fourth-order valence-electron chi connectivity index (χ4n) is 2.94. The quantitative estimate of drug-likeness (QED) is 0.877. The molecule has 0 amide bonds. The Hall–Kier alpha value is -1.70. The maximum absolute atomic E-state index is 12.6. The third-order valence-electron chi connectivity index (χ3n) is 4.06. The highest BCUT2D eigenvalue weighted by Crippen LogP contribution is 2.31. The summed E-state index contributed by atoms with van der Waals surface area (Å²) in [6.45, 7) is 0.480. The molecule has 1 aliphatic heterocycles. The number of aliphatic hydroxyl groups is 1. The summed E-state index contributed by atoms with van der Waals surface area (Å²) < 4.78 is 26.7. The van der Waals surface area contributed by atoms with Crippen molar-refractivity contribution in [2.75, 3.05) is 6.54 Å². The zero-order valence-electron chi connectivity index (χ0n) is 12.1. The molecule has 2 aromatic rings. The lowest BCUT2D eigenvalue weighted by atomic mass is 10.0. The zero-order chi connectivity index (χ0) is 15.6. The number of aromatic amines is 1. The van der Waals surface area contributed by atoms with Crippen LogP contribution in [0.3, 0.4) is 0 Å². The smallest absolute Gasteiger partial charge is 0.260 e. The van der Waals surface area contributed by atoms with Crippen molar-refractivity contribution in [3.05, 3.63) is 48.4 Å². The first kappa shape index (κ1) is 15.2. The molecule has 0 radical (unpaired) electrons. The standard InChI is InChI=1S/C15H19N3O3S/c19-14(12-5-2-1-3-6-12)9-13-7-4-8-18(13)22(20,21)15-10-16-11-17-15/h1-3,5-6,10-11,13-14,19H,4,7-9H2,(H,16,17)/t13-,14+/m1/s1. The van der Waals surface area contributed by atoms with E-state index in [0.29, 0.717) is 13.0 Å². The molecule has 22 heavy (non-hydrogen) atoms. The monoisotopic (exact) mass is 321 g/mol. The Morgan fingerprint density at radius 3 is 2.82 bits per heavy atom. The molecule has 0 bridgehead atoms. The van der Waals surface area contributed by atoms with Crippen LogP contribution in [0.1, 0.15) is 30.9 Å². The predicted molar refractivity (Wildman–Crippen MR) is 81.5 cm³/mol. The van der Waals surface area contributed by atoms with Gasteiger partial charge in [-0.25, -0.2) is 13.4 Å². The zero-order valence-corrected chi connectivity index (χ0v) is 12.9. The van der Waals surface area contributed by atoms with Crippen LogP contribution in [0.15, 0.2) is 47.9 Å². The minimum Gasteiger partial charge on any atom is -0.388 e. The molecule has 1 aromatic heterocycles. The number of hydrogen-bond donors (Lipinski definition) is 2. The molecule has 1 aliphatic rings. The van der Waals surface area contributed by atoms with Crippen LogP contribution in [0.2, 0.25) is 0 Å². The van der Waals surface area contributed by atoms with Gasteiger partial charge in [-0.05, 0) is 24.8 Å². The van der Waals surface area contributed by atoms with E-state index in [2.05, 4.69) is 9.97 Å². The summed E-state index contributed by atoms with van der Waals surface area (Å²) in [6.07, 6.45) is 3.98. The number of imidazole rings is 1. The van der Waals surface area contributed by atoms with E-state index in [9.17, 15) is 13.5 Å². The maximum atomic E-state index is 12.6. The summed E-state index contributed by atoms with van der Waals surface area (Å²) in [5.74, 6) is 0. The van der Waals surface area contributed by atoms with Gasteiger partial charge in [0.2, 0.25) is 0 Å². The average molecular weight is 321 g/mol. The first-order valence-corrected chi connectivity index (χ1v) is 8.76. The molecule has 0 unspecified atom stereocenters. The normalized spacial score (nSPS) is 21.0. The second kappa shape index (κ2) is 6.20. The molecule has 6 nitrogen and oxygen atoms in total. The minimum absolute atomic E-state index is 0.105. The first-order valence-electron chi connectivity index (χ1n) is 7.32. The Morgan fingerprint density at radius 2 is 2.14 bits per heavy atom. The number of rotatable bonds is 5. The van der Waals surface area contributed by atoms with E-state index in [1.165, 1.54) is 16.8 Å². The Morgan fingerprint density at radius 1 is 1.36 bits per heavy atom. The van der Waals surface area contributed by atoms with Gasteiger partial charge in [0.05, 0.1) is 18.6 Å². The van der Waals surface area contributed by atoms with Crippen LogP contribution in [0.4, 0.5) is 0 Å². The van der Waals surface area contributed by atoms with Crippen LogP contribution < -0.4 is 0 Å². The number of aromatic nitrogens is 2. The van der Waals surface area contributed by atoms with Crippen molar-refractivity contribution in [2.24, 2.45) is 0 Å². The SMILES string of the molecule is O=S(=O)(c1cnc[nH]1)N1CCC[C@@H]1C[C@H](O)c1ccccc1. The molecule has 7 heteroatoms. The number of benzene rings is 1. The van der Waals surface area contributed by atoms with E-state index < -0.39 is 16.1 Å². The van der Waals surface area contributed by atoms with E-state index in [0.717, 1.165) is 18.4 Å². The van der Waals surface area contributed by atoms with E-state index in [4.69, 9.17) is 0 Å². The average Bonchev–Trinajstić information content (AvgIpc) is 3.20. The summed E-state index contributed by atoms with van der Waals surface area (Å²) in [4.78, 5) is 6.44. The fraction of sp³-hybridized carbons (Fsp3) is 0.400. The Kier molecular flexibility index (Phi) is 4.28. The minimum atomic E-state index is -3.57. The fourth-order valence-corrected chi connectivity index (χ4v) is 4.54.